The van der Waals surface area contributed by atoms with Crippen LogP contribution >= 0.6 is 27.7 Å². The summed E-state index contributed by atoms with van der Waals surface area (Å²) in [6, 6.07) is 4.64. The Morgan fingerprint density at radius 2 is 2.16 bits per heavy atom. The Hall–Kier alpha value is -0.350. The third-order valence-corrected chi connectivity index (χ3v) is 5.44. The molecule has 106 valence electrons. The van der Waals surface area contributed by atoms with Crippen molar-refractivity contribution in [2.75, 3.05) is 23.9 Å². The van der Waals surface area contributed by atoms with Crippen molar-refractivity contribution in [3.05, 3.63) is 22.2 Å². The number of hydrogen-bond acceptors (Lipinski definition) is 3. The highest BCUT2D eigenvalue weighted by Crippen LogP contribution is 2.39. The minimum Gasteiger partial charge on any atom is -0.495 e. The Bertz CT molecular complexity index is 462. The quantitative estimate of drug-likeness (QED) is 0.858. The third-order valence-electron chi connectivity index (χ3n) is 3.92. The lowest BCUT2D eigenvalue weighted by Gasteiger charge is -2.39. The molecule has 0 saturated carbocycles. The predicted molar refractivity (Wildman–Crippen MR) is 88.6 cm³/mol. The molecule has 1 unspecified atom stereocenters. The van der Waals surface area contributed by atoms with E-state index in [2.05, 4.69) is 48.1 Å². The molecule has 1 aliphatic rings. The number of thioether (sulfide) groups is 1. The molecule has 1 saturated heterocycles. The van der Waals surface area contributed by atoms with Crippen LogP contribution in [0.1, 0.15) is 25.8 Å². The molecule has 1 aromatic carbocycles. The molecule has 0 aromatic heterocycles. The van der Waals surface area contributed by atoms with Gasteiger partial charge in [0.05, 0.1) is 12.8 Å². The fraction of sp³-hybridized carbons (Fsp3) is 0.600. The fourth-order valence-corrected chi connectivity index (χ4v) is 4.56. The molecule has 2 rings (SSSR count). The highest BCUT2D eigenvalue weighted by atomic mass is 79.9. The first-order valence-corrected chi connectivity index (χ1v) is 8.57. The van der Waals surface area contributed by atoms with E-state index < -0.39 is 0 Å². The lowest BCUT2D eigenvalue weighted by Crippen LogP contribution is -2.41. The molecule has 0 spiro atoms. The molecular weight excluding hydrogens is 322 g/mol. The second-order valence-corrected chi connectivity index (χ2v) is 7.88. The second-order valence-electron chi connectivity index (χ2n) is 5.81. The summed E-state index contributed by atoms with van der Waals surface area (Å²) < 4.78 is 6.58. The van der Waals surface area contributed by atoms with Gasteiger partial charge in [0.15, 0.2) is 0 Å². The Kier molecular flexibility index (Phi) is 4.72. The lowest BCUT2D eigenvalue weighted by atomic mass is 9.82. The van der Waals surface area contributed by atoms with Crippen molar-refractivity contribution < 1.29 is 4.74 Å². The molecule has 1 aliphatic heterocycles. The van der Waals surface area contributed by atoms with Crippen molar-refractivity contribution in [1.82, 2.24) is 0 Å². The summed E-state index contributed by atoms with van der Waals surface area (Å²) in [5.74, 6) is 3.34. The van der Waals surface area contributed by atoms with Crippen LogP contribution in [0, 0.1) is 12.3 Å². The average Bonchev–Trinajstić information content (AvgIpc) is 2.33. The number of halogens is 1. The van der Waals surface area contributed by atoms with E-state index in [1.165, 1.54) is 17.7 Å². The summed E-state index contributed by atoms with van der Waals surface area (Å²) in [4.78, 5) is 0. The van der Waals surface area contributed by atoms with Gasteiger partial charge in [-0.2, -0.15) is 11.8 Å². The van der Waals surface area contributed by atoms with E-state index in [1.807, 2.05) is 17.8 Å². The smallest absolute Gasteiger partial charge is 0.143 e. The van der Waals surface area contributed by atoms with Crippen LogP contribution < -0.4 is 10.1 Å². The zero-order chi connectivity index (χ0) is 14.0. The number of ether oxygens (including phenoxy) is 1. The van der Waals surface area contributed by atoms with E-state index in [-0.39, 0.29) is 0 Å². The van der Waals surface area contributed by atoms with Gasteiger partial charge in [-0.05, 0) is 42.2 Å². The highest BCUT2D eigenvalue weighted by Gasteiger charge is 2.33. The number of rotatable bonds is 3. The van der Waals surface area contributed by atoms with Gasteiger partial charge in [-0.15, -0.1) is 0 Å². The molecule has 1 heterocycles. The molecule has 4 heteroatoms. The number of nitrogens with one attached hydrogen (secondary N) is 1. The van der Waals surface area contributed by atoms with Gasteiger partial charge in [0, 0.05) is 16.3 Å². The van der Waals surface area contributed by atoms with Gasteiger partial charge in [0.1, 0.15) is 5.75 Å². The summed E-state index contributed by atoms with van der Waals surface area (Å²) in [6.45, 7) is 6.83. The van der Waals surface area contributed by atoms with Gasteiger partial charge in [-0.3, -0.25) is 0 Å². The molecule has 0 radical (unpaired) electrons. The van der Waals surface area contributed by atoms with Crippen LogP contribution in [0.2, 0.25) is 0 Å². The van der Waals surface area contributed by atoms with Crippen LogP contribution in [0.4, 0.5) is 5.69 Å². The van der Waals surface area contributed by atoms with Crippen molar-refractivity contribution in [2.24, 2.45) is 5.41 Å². The van der Waals surface area contributed by atoms with Crippen LogP contribution in [-0.4, -0.2) is 24.7 Å². The fourth-order valence-electron chi connectivity index (χ4n) is 2.41. The van der Waals surface area contributed by atoms with Crippen LogP contribution in [-0.2, 0) is 0 Å². The normalized spacial score (nSPS) is 22.1. The maximum Gasteiger partial charge on any atom is 0.143 e. The van der Waals surface area contributed by atoms with Crippen molar-refractivity contribution in [2.45, 2.75) is 33.2 Å². The second kappa shape index (κ2) is 5.96. The van der Waals surface area contributed by atoms with Crippen LogP contribution in [0.5, 0.6) is 5.75 Å². The van der Waals surface area contributed by atoms with Gasteiger partial charge >= 0.3 is 0 Å². The minimum absolute atomic E-state index is 0.329. The number of hydrogen-bond donors (Lipinski definition) is 1. The monoisotopic (exact) mass is 343 g/mol. The van der Waals surface area contributed by atoms with E-state index in [0.717, 1.165) is 21.7 Å². The summed E-state index contributed by atoms with van der Waals surface area (Å²) >= 11 is 5.56. The Morgan fingerprint density at radius 3 is 2.79 bits per heavy atom. The SMILES string of the molecule is COc1cc(Br)cc(C)c1NC1CSCCC1(C)C. The number of benzene rings is 1. The maximum absolute atomic E-state index is 5.52. The zero-order valence-electron chi connectivity index (χ0n) is 12.0. The molecule has 2 nitrogen and oxygen atoms in total. The number of methoxy groups -OCH3 is 1. The molecule has 19 heavy (non-hydrogen) atoms. The molecule has 0 amide bonds. The molecule has 0 aliphatic carbocycles. The van der Waals surface area contributed by atoms with Gasteiger partial charge in [-0.1, -0.05) is 29.8 Å². The van der Waals surface area contributed by atoms with Gasteiger partial charge in [0.25, 0.3) is 0 Å². The molecule has 1 N–H and O–H groups in total. The molecule has 1 atom stereocenters. The summed E-state index contributed by atoms with van der Waals surface area (Å²) in [7, 11) is 1.73. The van der Waals surface area contributed by atoms with E-state index in [9.17, 15) is 0 Å². The standard InChI is InChI=1S/C15H22BrNOS/c1-10-7-11(16)8-12(18-4)14(10)17-13-9-19-6-5-15(13,2)3/h7-8,13,17H,5-6,9H2,1-4H3. The number of anilines is 1. The highest BCUT2D eigenvalue weighted by molar-refractivity contribution is 9.10. The van der Waals surface area contributed by atoms with E-state index >= 15 is 0 Å². The van der Waals surface area contributed by atoms with Crippen molar-refractivity contribution in [1.29, 1.82) is 0 Å². The summed E-state index contributed by atoms with van der Waals surface area (Å²) in [6.07, 6.45) is 1.26. The van der Waals surface area contributed by atoms with Gasteiger partial charge < -0.3 is 10.1 Å². The van der Waals surface area contributed by atoms with Crippen molar-refractivity contribution in [3.8, 4) is 5.75 Å². The first-order chi connectivity index (χ1) is 8.94. The first-order valence-electron chi connectivity index (χ1n) is 6.62. The van der Waals surface area contributed by atoms with Gasteiger partial charge in [-0.25, -0.2) is 0 Å². The third kappa shape index (κ3) is 3.40. The Balaban J connectivity index is 2.27. The van der Waals surface area contributed by atoms with E-state index in [4.69, 9.17) is 4.74 Å². The molecule has 1 aromatic rings. The maximum atomic E-state index is 5.52. The molecule has 0 bridgehead atoms. The van der Waals surface area contributed by atoms with Crippen LogP contribution in [0.25, 0.3) is 0 Å². The topological polar surface area (TPSA) is 21.3 Å². The predicted octanol–water partition coefficient (Wildman–Crippen LogP) is 4.71. The average molecular weight is 344 g/mol. The molecule has 1 fully saturated rings. The Labute approximate surface area is 128 Å². The largest absolute Gasteiger partial charge is 0.495 e. The van der Waals surface area contributed by atoms with Crippen molar-refractivity contribution >= 4 is 33.4 Å². The summed E-state index contributed by atoms with van der Waals surface area (Å²) in [5.41, 5.74) is 2.68. The minimum atomic E-state index is 0.329. The first kappa shape index (κ1) is 15.0. The van der Waals surface area contributed by atoms with Crippen LogP contribution in [0.15, 0.2) is 16.6 Å². The molecular formula is C15H22BrNOS. The van der Waals surface area contributed by atoms with Crippen molar-refractivity contribution in [3.63, 3.8) is 0 Å². The van der Waals surface area contributed by atoms with Gasteiger partial charge in [0.2, 0.25) is 0 Å². The van der Waals surface area contributed by atoms with E-state index in [0.29, 0.717) is 11.5 Å². The number of aryl methyl sites for hydroxylation is 1. The summed E-state index contributed by atoms with van der Waals surface area (Å²) in [5, 5.41) is 3.72. The zero-order valence-corrected chi connectivity index (χ0v) is 14.5. The van der Waals surface area contributed by atoms with E-state index in [1.54, 1.807) is 7.11 Å². The lowest BCUT2D eigenvalue weighted by molar-refractivity contribution is 0.304. The van der Waals surface area contributed by atoms with Crippen LogP contribution in [0.3, 0.4) is 0 Å². The Morgan fingerprint density at radius 1 is 1.42 bits per heavy atom.